The summed E-state index contributed by atoms with van der Waals surface area (Å²) in [7, 11) is 0. The average Bonchev–Trinajstić information content (AvgIpc) is 2.47. The minimum Gasteiger partial charge on any atom is -0.489 e. The highest BCUT2D eigenvalue weighted by Gasteiger charge is 2.01. The molecule has 21 heavy (non-hydrogen) atoms. The first-order valence-corrected chi connectivity index (χ1v) is 6.88. The van der Waals surface area contributed by atoms with E-state index in [0.717, 1.165) is 17.2 Å². The second-order valence-electron chi connectivity index (χ2n) is 4.28. The van der Waals surface area contributed by atoms with Crippen LogP contribution in [-0.2, 0) is 11.4 Å². The molecular weight excluding hydrogens is 311 g/mol. The van der Waals surface area contributed by atoms with Crippen molar-refractivity contribution in [1.29, 1.82) is 0 Å². The van der Waals surface area contributed by atoms with Crippen LogP contribution >= 0.6 is 23.2 Å². The molecule has 0 amide bonds. The largest absolute Gasteiger partial charge is 0.489 e. The first kappa shape index (κ1) is 15.4. The number of ether oxygens (including phenoxy) is 1. The van der Waals surface area contributed by atoms with Crippen LogP contribution in [-0.4, -0.2) is 11.1 Å². The molecule has 0 fully saturated rings. The highest BCUT2D eigenvalue weighted by molar-refractivity contribution is 6.42. The predicted molar refractivity (Wildman–Crippen MR) is 83.9 cm³/mol. The lowest BCUT2D eigenvalue weighted by Gasteiger charge is -2.08. The molecule has 0 aliphatic carbocycles. The summed E-state index contributed by atoms with van der Waals surface area (Å²) < 4.78 is 5.65. The van der Waals surface area contributed by atoms with Gasteiger partial charge in [-0.1, -0.05) is 41.4 Å². The second-order valence-corrected chi connectivity index (χ2v) is 5.10. The first-order chi connectivity index (χ1) is 10.0. The number of hydrogen-bond donors (Lipinski definition) is 1. The van der Waals surface area contributed by atoms with E-state index < -0.39 is 5.97 Å². The van der Waals surface area contributed by atoms with Gasteiger partial charge in [-0.15, -0.1) is 0 Å². The van der Waals surface area contributed by atoms with Gasteiger partial charge in [-0.3, -0.25) is 0 Å². The lowest BCUT2D eigenvalue weighted by molar-refractivity contribution is -0.131. The summed E-state index contributed by atoms with van der Waals surface area (Å²) in [5.74, 6) is -0.342. The van der Waals surface area contributed by atoms with Crippen LogP contribution in [0.3, 0.4) is 0 Å². The Hall–Kier alpha value is -1.97. The van der Waals surface area contributed by atoms with Gasteiger partial charge < -0.3 is 9.84 Å². The molecule has 2 rings (SSSR count). The molecule has 1 N–H and O–H groups in total. The van der Waals surface area contributed by atoms with Crippen LogP contribution in [0.15, 0.2) is 48.5 Å². The maximum Gasteiger partial charge on any atom is 0.328 e. The fourth-order valence-electron chi connectivity index (χ4n) is 1.67. The van der Waals surface area contributed by atoms with Crippen LogP contribution in [0.4, 0.5) is 0 Å². The van der Waals surface area contributed by atoms with Crippen molar-refractivity contribution in [1.82, 2.24) is 0 Å². The molecule has 0 heterocycles. The van der Waals surface area contributed by atoms with Crippen molar-refractivity contribution < 1.29 is 14.6 Å². The highest BCUT2D eigenvalue weighted by Crippen LogP contribution is 2.23. The number of carboxylic acids is 1. The molecule has 0 saturated carbocycles. The maximum atomic E-state index is 10.5. The molecule has 108 valence electrons. The minimum atomic E-state index is -0.989. The Morgan fingerprint density at radius 2 is 1.95 bits per heavy atom. The molecule has 0 aromatic heterocycles. The molecule has 0 radical (unpaired) electrons. The van der Waals surface area contributed by atoms with Crippen molar-refractivity contribution in [2.75, 3.05) is 0 Å². The Morgan fingerprint density at radius 1 is 1.14 bits per heavy atom. The Kier molecular flexibility index (Phi) is 5.26. The monoisotopic (exact) mass is 322 g/mol. The SMILES string of the molecule is O=C(O)/C=C/c1cccc(OCc2ccc(Cl)c(Cl)c2)c1. The summed E-state index contributed by atoms with van der Waals surface area (Å²) in [6.45, 7) is 0.350. The molecule has 0 aliphatic rings. The summed E-state index contributed by atoms with van der Waals surface area (Å²) in [5.41, 5.74) is 1.65. The van der Waals surface area contributed by atoms with Gasteiger partial charge in [0.2, 0.25) is 0 Å². The minimum absolute atomic E-state index is 0.350. The smallest absolute Gasteiger partial charge is 0.328 e. The molecule has 0 saturated heterocycles. The molecule has 2 aromatic carbocycles. The van der Waals surface area contributed by atoms with Crippen LogP contribution in [0.25, 0.3) is 6.08 Å². The van der Waals surface area contributed by atoms with Gasteiger partial charge >= 0.3 is 5.97 Å². The van der Waals surface area contributed by atoms with E-state index >= 15 is 0 Å². The van der Waals surface area contributed by atoms with E-state index in [0.29, 0.717) is 22.4 Å². The van der Waals surface area contributed by atoms with Crippen molar-refractivity contribution in [2.24, 2.45) is 0 Å². The first-order valence-electron chi connectivity index (χ1n) is 6.12. The molecule has 0 aliphatic heterocycles. The zero-order valence-corrected chi connectivity index (χ0v) is 12.4. The lowest BCUT2D eigenvalue weighted by Crippen LogP contribution is -1.95. The van der Waals surface area contributed by atoms with Crippen LogP contribution in [0.5, 0.6) is 5.75 Å². The van der Waals surface area contributed by atoms with E-state index in [1.807, 2.05) is 6.07 Å². The summed E-state index contributed by atoms with van der Waals surface area (Å²) >= 11 is 11.8. The van der Waals surface area contributed by atoms with Gasteiger partial charge in [-0.05, 0) is 41.5 Å². The normalized spacial score (nSPS) is 10.8. The molecule has 0 atom stereocenters. The van der Waals surface area contributed by atoms with E-state index in [1.165, 1.54) is 6.08 Å². The number of halogens is 2. The van der Waals surface area contributed by atoms with Crippen molar-refractivity contribution in [2.45, 2.75) is 6.61 Å². The van der Waals surface area contributed by atoms with E-state index in [-0.39, 0.29) is 0 Å². The molecule has 0 bridgehead atoms. The standard InChI is InChI=1S/C16H12Cl2O3/c17-14-6-4-12(9-15(14)18)10-21-13-3-1-2-11(8-13)5-7-16(19)20/h1-9H,10H2,(H,19,20)/b7-5+. The van der Waals surface area contributed by atoms with E-state index in [1.54, 1.807) is 36.4 Å². The van der Waals surface area contributed by atoms with Crippen LogP contribution in [0.2, 0.25) is 10.0 Å². The van der Waals surface area contributed by atoms with Crippen molar-refractivity contribution in [3.8, 4) is 5.75 Å². The number of rotatable bonds is 5. The molecule has 5 heteroatoms. The number of benzene rings is 2. The summed E-state index contributed by atoms with van der Waals surface area (Å²) in [5, 5.41) is 9.59. The number of aliphatic carboxylic acids is 1. The molecule has 3 nitrogen and oxygen atoms in total. The van der Waals surface area contributed by atoms with E-state index in [9.17, 15) is 4.79 Å². The quantitative estimate of drug-likeness (QED) is 0.813. The number of hydrogen-bond acceptors (Lipinski definition) is 2. The highest BCUT2D eigenvalue weighted by atomic mass is 35.5. The van der Waals surface area contributed by atoms with Crippen LogP contribution < -0.4 is 4.74 Å². The third-order valence-electron chi connectivity index (χ3n) is 2.67. The average molecular weight is 323 g/mol. The zero-order valence-electron chi connectivity index (χ0n) is 10.9. The van der Waals surface area contributed by atoms with Crippen molar-refractivity contribution >= 4 is 35.2 Å². The fourth-order valence-corrected chi connectivity index (χ4v) is 1.99. The topological polar surface area (TPSA) is 46.5 Å². The Labute approximate surface area is 132 Å². The third-order valence-corrected chi connectivity index (χ3v) is 3.40. The predicted octanol–water partition coefficient (Wildman–Crippen LogP) is 4.67. The fraction of sp³-hybridized carbons (Fsp3) is 0.0625. The van der Waals surface area contributed by atoms with Crippen LogP contribution in [0, 0.1) is 0 Å². The van der Waals surface area contributed by atoms with Gasteiger partial charge in [0.15, 0.2) is 0 Å². The molecule has 2 aromatic rings. The molecule has 0 spiro atoms. The zero-order chi connectivity index (χ0) is 15.2. The van der Waals surface area contributed by atoms with E-state index in [4.69, 9.17) is 33.0 Å². The van der Waals surface area contributed by atoms with Gasteiger partial charge in [0, 0.05) is 6.08 Å². The Bertz CT molecular complexity index is 681. The van der Waals surface area contributed by atoms with Gasteiger partial charge in [-0.25, -0.2) is 4.79 Å². The van der Waals surface area contributed by atoms with Gasteiger partial charge in [0.1, 0.15) is 12.4 Å². The third kappa shape index (κ3) is 4.81. The van der Waals surface area contributed by atoms with Gasteiger partial charge in [-0.2, -0.15) is 0 Å². The maximum absolute atomic E-state index is 10.5. The summed E-state index contributed by atoms with van der Waals surface area (Å²) in [4.78, 5) is 10.5. The Morgan fingerprint density at radius 3 is 2.67 bits per heavy atom. The summed E-state index contributed by atoms with van der Waals surface area (Å²) in [6, 6.07) is 12.5. The van der Waals surface area contributed by atoms with Crippen LogP contribution in [0.1, 0.15) is 11.1 Å². The van der Waals surface area contributed by atoms with E-state index in [2.05, 4.69) is 0 Å². The van der Waals surface area contributed by atoms with Gasteiger partial charge in [0.25, 0.3) is 0 Å². The summed E-state index contributed by atoms with van der Waals surface area (Å²) in [6.07, 6.45) is 2.59. The number of carboxylic acid groups (broad SMARTS) is 1. The molecular formula is C16H12Cl2O3. The molecule has 0 unspecified atom stereocenters. The van der Waals surface area contributed by atoms with Gasteiger partial charge in [0.05, 0.1) is 10.0 Å². The Balaban J connectivity index is 2.04. The number of carbonyl (C=O) groups is 1. The van der Waals surface area contributed by atoms with Crippen molar-refractivity contribution in [3.05, 3.63) is 69.7 Å². The van der Waals surface area contributed by atoms with Crippen molar-refractivity contribution in [3.63, 3.8) is 0 Å². The second kappa shape index (κ2) is 7.16. The lowest BCUT2D eigenvalue weighted by atomic mass is 10.2.